The van der Waals surface area contributed by atoms with E-state index in [1.54, 1.807) is 0 Å². The van der Waals surface area contributed by atoms with Gasteiger partial charge in [0.15, 0.2) is 9.84 Å². The summed E-state index contributed by atoms with van der Waals surface area (Å²) in [6.07, 6.45) is 0.479. The molecule has 1 aliphatic rings. The molecule has 96 valence electrons. The molecule has 4 nitrogen and oxygen atoms in total. The Hall–Kier alpha value is -0.460. The van der Waals surface area contributed by atoms with Gasteiger partial charge < -0.3 is 5.73 Å². The minimum Gasteiger partial charge on any atom is -0.319 e. The van der Waals surface area contributed by atoms with Crippen molar-refractivity contribution in [1.82, 2.24) is 4.98 Å². The molecule has 2 N–H and O–H groups in total. The lowest BCUT2D eigenvalue weighted by Gasteiger charge is -2.19. The van der Waals surface area contributed by atoms with Crippen LogP contribution in [0.3, 0.4) is 0 Å². The number of sulfone groups is 1. The van der Waals surface area contributed by atoms with Gasteiger partial charge in [0.2, 0.25) is 0 Å². The number of hydrogen-bond donors (Lipinski definition) is 1. The van der Waals surface area contributed by atoms with E-state index in [-0.39, 0.29) is 16.9 Å². The summed E-state index contributed by atoms with van der Waals surface area (Å²) in [5, 5.41) is 2.73. The molecule has 0 saturated carbocycles. The molecule has 17 heavy (non-hydrogen) atoms. The van der Waals surface area contributed by atoms with Crippen LogP contribution in [0.25, 0.3) is 0 Å². The quantitative estimate of drug-likeness (QED) is 0.840. The topological polar surface area (TPSA) is 73.1 Å². The second-order valence-electron chi connectivity index (χ2n) is 5.79. The minimum absolute atomic E-state index is 0.0249. The standard InChI is InChI=1S/C11H18N2O2S2/c1-10(2,3)8-6-16-9(13-8)11(12)4-5-17(14,15)7-11/h6H,4-5,7,12H2,1-3H3. The molecule has 1 saturated heterocycles. The Balaban J connectivity index is 2.33. The molecule has 0 bridgehead atoms. The predicted molar refractivity (Wildman–Crippen MR) is 70.0 cm³/mol. The van der Waals surface area contributed by atoms with Gasteiger partial charge in [-0.3, -0.25) is 0 Å². The molecule has 1 unspecified atom stereocenters. The maximum atomic E-state index is 11.5. The normalized spacial score (nSPS) is 28.5. The number of nitrogens with zero attached hydrogens (tertiary/aromatic N) is 1. The van der Waals surface area contributed by atoms with Crippen molar-refractivity contribution in [3.8, 4) is 0 Å². The SMILES string of the molecule is CC(C)(C)c1csc(C2(N)CCS(=O)(=O)C2)n1. The first-order chi connectivity index (χ1) is 7.62. The van der Waals surface area contributed by atoms with E-state index in [1.807, 2.05) is 5.38 Å². The first kappa shape index (κ1) is 13.0. The third-order valence-corrected chi connectivity index (χ3v) is 5.88. The molecule has 6 heteroatoms. The highest BCUT2D eigenvalue weighted by molar-refractivity contribution is 7.91. The zero-order chi connectivity index (χ0) is 12.9. The van der Waals surface area contributed by atoms with E-state index in [1.165, 1.54) is 11.3 Å². The second-order valence-corrected chi connectivity index (χ2v) is 8.83. The molecule has 1 fully saturated rings. The number of aromatic nitrogens is 1. The Morgan fingerprint density at radius 2 is 2.12 bits per heavy atom. The third-order valence-electron chi connectivity index (χ3n) is 3.04. The molecule has 1 aromatic rings. The largest absolute Gasteiger partial charge is 0.319 e. The summed E-state index contributed by atoms with van der Waals surface area (Å²) in [7, 11) is -2.99. The van der Waals surface area contributed by atoms with Crippen molar-refractivity contribution in [2.24, 2.45) is 5.73 Å². The molecule has 0 radical (unpaired) electrons. The Labute approximate surface area is 106 Å². The summed E-state index contributed by atoms with van der Waals surface area (Å²) >= 11 is 1.47. The Morgan fingerprint density at radius 1 is 1.47 bits per heavy atom. The van der Waals surface area contributed by atoms with Gasteiger partial charge in [0.25, 0.3) is 0 Å². The highest BCUT2D eigenvalue weighted by Gasteiger charge is 2.42. The molecule has 1 aliphatic heterocycles. The van der Waals surface area contributed by atoms with Gasteiger partial charge in [0, 0.05) is 10.8 Å². The summed E-state index contributed by atoms with van der Waals surface area (Å²) in [4.78, 5) is 4.53. The Kier molecular flexibility index (Phi) is 2.88. The van der Waals surface area contributed by atoms with E-state index in [0.29, 0.717) is 6.42 Å². The molecule has 2 heterocycles. The van der Waals surface area contributed by atoms with Crippen LogP contribution in [0.1, 0.15) is 37.9 Å². The summed E-state index contributed by atoms with van der Waals surface area (Å²) in [5.74, 6) is 0.199. The number of thiazole rings is 1. The van der Waals surface area contributed by atoms with Gasteiger partial charge in [-0.05, 0) is 6.42 Å². The van der Waals surface area contributed by atoms with Crippen LogP contribution in [0, 0.1) is 0 Å². The first-order valence-electron chi connectivity index (χ1n) is 5.58. The van der Waals surface area contributed by atoms with Crippen molar-refractivity contribution in [3.05, 3.63) is 16.1 Å². The average molecular weight is 274 g/mol. The molecule has 1 atom stereocenters. The van der Waals surface area contributed by atoms with E-state index >= 15 is 0 Å². The van der Waals surface area contributed by atoms with E-state index in [9.17, 15) is 8.42 Å². The van der Waals surface area contributed by atoms with Crippen LogP contribution < -0.4 is 5.73 Å². The smallest absolute Gasteiger partial charge is 0.152 e. The van der Waals surface area contributed by atoms with Gasteiger partial charge in [-0.2, -0.15) is 0 Å². The van der Waals surface area contributed by atoms with Crippen molar-refractivity contribution in [2.45, 2.75) is 38.1 Å². The number of hydrogen-bond acceptors (Lipinski definition) is 5. The van der Waals surface area contributed by atoms with Gasteiger partial charge >= 0.3 is 0 Å². The summed E-state index contributed by atoms with van der Waals surface area (Å²) in [6.45, 7) is 6.25. The zero-order valence-electron chi connectivity index (χ0n) is 10.4. The van der Waals surface area contributed by atoms with E-state index < -0.39 is 15.4 Å². The number of nitrogens with two attached hydrogens (primary N) is 1. The van der Waals surface area contributed by atoms with Gasteiger partial charge in [-0.25, -0.2) is 13.4 Å². The Morgan fingerprint density at radius 3 is 2.53 bits per heavy atom. The van der Waals surface area contributed by atoms with Crippen LogP contribution in [0.15, 0.2) is 5.38 Å². The van der Waals surface area contributed by atoms with Crippen LogP contribution in [-0.4, -0.2) is 24.9 Å². The second kappa shape index (κ2) is 3.76. The molecule has 0 amide bonds. The fraction of sp³-hybridized carbons (Fsp3) is 0.727. The van der Waals surface area contributed by atoms with Crippen molar-refractivity contribution in [1.29, 1.82) is 0 Å². The maximum absolute atomic E-state index is 11.5. The van der Waals surface area contributed by atoms with E-state index in [2.05, 4.69) is 25.8 Å². The van der Waals surface area contributed by atoms with Gasteiger partial charge in [0.05, 0.1) is 22.7 Å². The van der Waals surface area contributed by atoms with Crippen LogP contribution in [-0.2, 0) is 20.8 Å². The molecule has 1 aromatic heterocycles. The van der Waals surface area contributed by atoms with E-state index in [0.717, 1.165) is 10.7 Å². The molecular formula is C11H18N2O2S2. The molecular weight excluding hydrogens is 256 g/mol. The molecule has 2 rings (SSSR count). The van der Waals surface area contributed by atoms with Gasteiger partial charge in [-0.1, -0.05) is 20.8 Å². The van der Waals surface area contributed by atoms with Crippen LogP contribution >= 0.6 is 11.3 Å². The third kappa shape index (κ3) is 2.53. The summed E-state index contributed by atoms with van der Waals surface area (Å²) in [5.41, 5.74) is 6.36. The lowest BCUT2D eigenvalue weighted by Crippen LogP contribution is -2.37. The highest BCUT2D eigenvalue weighted by atomic mass is 32.2. The van der Waals surface area contributed by atoms with Crippen molar-refractivity contribution in [3.63, 3.8) is 0 Å². The molecule has 0 aromatic carbocycles. The summed E-state index contributed by atoms with van der Waals surface area (Å²) < 4.78 is 23.0. The molecule has 0 spiro atoms. The zero-order valence-corrected chi connectivity index (χ0v) is 12.0. The summed E-state index contributed by atoms with van der Waals surface area (Å²) in [6, 6.07) is 0. The van der Waals surface area contributed by atoms with Gasteiger partial charge in [-0.15, -0.1) is 11.3 Å². The Bertz CT molecular complexity index is 528. The average Bonchev–Trinajstić information content (AvgIpc) is 2.70. The van der Waals surface area contributed by atoms with Crippen molar-refractivity contribution < 1.29 is 8.42 Å². The predicted octanol–water partition coefficient (Wildman–Crippen LogP) is 1.41. The van der Waals surface area contributed by atoms with E-state index in [4.69, 9.17) is 5.73 Å². The lowest BCUT2D eigenvalue weighted by molar-refractivity contribution is 0.493. The molecule has 0 aliphatic carbocycles. The van der Waals surface area contributed by atoms with Crippen LogP contribution in [0.2, 0.25) is 0 Å². The van der Waals surface area contributed by atoms with Crippen molar-refractivity contribution in [2.75, 3.05) is 11.5 Å². The minimum atomic E-state index is -2.99. The van der Waals surface area contributed by atoms with Crippen molar-refractivity contribution >= 4 is 21.2 Å². The van der Waals surface area contributed by atoms with Crippen LogP contribution in [0.4, 0.5) is 0 Å². The monoisotopic (exact) mass is 274 g/mol. The first-order valence-corrected chi connectivity index (χ1v) is 8.28. The van der Waals surface area contributed by atoms with Gasteiger partial charge in [0.1, 0.15) is 5.01 Å². The highest BCUT2D eigenvalue weighted by Crippen LogP contribution is 2.35. The fourth-order valence-electron chi connectivity index (χ4n) is 1.89. The fourth-order valence-corrected chi connectivity index (χ4v) is 5.06. The maximum Gasteiger partial charge on any atom is 0.152 e. The van der Waals surface area contributed by atoms with Crippen LogP contribution in [0.5, 0.6) is 0 Å². The lowest BCUT2D eigenvalue weighted by atomic mass is 9.93. The number of rotatable bonds is 1.